The van der Waals surface area contributed by atoms with Crippen molar-refractivity contribution in [1.29, 1.82) is 0 Å². The first-order valence-corrected chi connectivity index (χ1v) is 18.8. The molecular formula is C44H40N10O2. The summed E-state index contributed by atoms with van der Waals surface area (Å²) in [4.78, 5) is 37.7. The van der Waals surface area contributed by atoms with Crippen molar-refractivity contribution >= 4 is 46.3 Å². The second-order valence-electron chi connectivity index (χ2n) is 13.8. The summed E-state index contributed by atoms with van der Waals surface area (Å²) in [5, 5.41) is 26.6. The molecule has 0 bridgehead atoms. The smallest absolute Gasteiger partial charge is 0.229 e. The summed E-state index contributed by atoms with van der Waals surface area (Å²) >= 11 is 0. The number of aromatic nitrogens is 6. The zero-order chi connectivity index (χ0) is 38.1. The van der Waals surface area contributed by atoms with E-state index in [-0.39, 0.29) is 12.2 Å². The molecule has 12 heteroatoms. The molecule has 0 spiro atoms. The van der Waals surface area contributed by atoms with Gasteiger partial charge in [-0.05, 0) is 112 Å². The summed E-state index contributed by atoms with van der Waals surface area (Å²) in [6, 6.07) is 27.0. The lowest BCUT2D eigenvalue weighted by Gasteiger charge is -2.18. The van der Waals surface area contributed by atoms with E-state index in [0.717, 1.165) is 58.0 Å². The lowest BCUT2D eigenvalue weighted by molar-refractivity contribution is 0.152. The number of para-hydroxylation sites is 1. The number of rotatable bonds is 8. The summed E-state index contributed by atoms with van der Waals surface area (Å²) in [5.41, 5.74) is 8.16. The van der Waals surface area contributed by atoms with E-state index in [2.05, 4.69) is 42.4 Å². The number of anilines is 4. The Hall–Kier alpha value is -6.68. The molecule has 0 aliphatic heterocycles. The van der Waals surface area contributed by atoms with Gasteiger partial charge in [0.1, 0.15) is 0 Å². The minimum Gasteiger partial charge on any atom is -0.393 e. The van der Waals surface area contributed by atoms with E-state index in [9.17, 15) is 10.2 Å². The minimum atomic E-state index is -0.291. The Labute approximate surface area is 325 Å². The fourth-order valence-electron chi connectivity index (χ4n) is 6.53. The first-order chi connectivity index (χ1) is 27.5. The van der Waals surface area contributed by atoms with E-state index >= 15 is 0 Å². The lowest BCUT2D eigenvalue weighted by atomic mass is 9.96. The number of aliphatic hydroxyl groups excluding tert-OH is 2. The number of nitrogens with one attached hydrogen (secondary N) is 2. The van der Waals surface area contributed by atoms with Crippen LogP contribution in [0.3, 0.4) is 0 Å². The molecule has 0 amide bonds. The molecular weight excluding hydrogens is 701 g/mol. The molecule has 2 aromatic carbocycles. The van der Waals surface area contributed by atoms with E-state index in [0.29, 0.717) is 73.3 Å². The highest BCUT2D eigenvalue weighted by atomic mass is 16.3. The molecule has 2 saturated carbocycles. The minimum absolute atomic E-state index is 0.277. The van der Waals surface area contributed by atoms with Gasteiger partial charge in [-0.15, -0.1) is 0 Å². The molecule has 0 unspecified atom stereocenters. The Kier molecular flexibility index (Phi) is 11.1. The van der Waals surface area contributed by atoms with Crippen LogP contribution < -0.4 is 10.6 Å². The predicted octanol–water partition coefficient (Wildman–Crippen LogP) is 8.29. The molecule has 0 atom stereocenters. The number of aliphatic hydroxyl groups is 2. The van der Waals surface area contributed by atoms with Crippen LogP contribution in [-0.4, -0.2) is 63.7 Å². The largest absolute Gasteiger partial charge is 0.393 e. The Balaban J connectivity index is 1.00. The molecule has 0 radical (unpaired) electrons. The van der Waals surface area contributed by atoms with Gasteiger partial charge in [-0.1, -0.05) is 36.1 Å². The monoisotopic (exact) mass is 740 g/mol. The second kappa shape index (κ2) is 17.2. The third kappa shape index (κ3) is 9.33. The first kappa shape index (κ1) is 36.3. The molecule has 4 N–H and O–H groups in total. The highest BCUT2D eigenvalue weighted by Crippen LogP contribution is 2.32. The van der Waals surface area contributed by atoms with Crippen LogP contribution in [0.4, 0.5) is 34.9 Å². The van der Waals surface area contributed by atoms with Gasteiger partial charge in [-0.3, -0.25) is 9.97 Å². The molecule has 56 heavy (non-hydrogen) atoms. The van der Waals surface area contributed by atoms with Crippen molar-refractivity contribution in [2.75, 3.05) is 10.6 Å². The van der Waals surface area contributed by atoms with Crippen molar-refractivity contribution in [2.45, 2.75) is 63.6 Å². The number of benzene rings is 2. The van der Waals surface area contributed by atoms with Crippen LogP contribution in [0.15, 0.2) is 120 Å². The maximum absolute atomic E-state index is 10.0. The summed E-state index contributed by atoms with van der Waals surface area (Å²) < 4.78 is 0. The topological polar surface area (TPSA) is 167 Å². The summed E-state index contributed by atoms with van der Waals surface area (Å²) in [7, 11) is 0. The van der Waals surface area contributed by atoms with Gasteiger partial charge in [0.05, 0.1) is 34.7 Å². The SMILES string of the molecule is OC1CCC(=Nc2nc(Nc3ccc(C#Cc4ccnc(-c5cnc(Nc6ccccc6)nc5N=C5CCC(O)CC5)c4)cc3)ncc2-c2ccccn2)CC1. The molecule has 4 aromatic heterocycles. The molecule has 278 valence electrons. The van der Waals surface area contributed by atoms with E-state index < -0.39 is 0 Å². The quantitative estimate of drug-likeness (QED) is 0.112. The third-order valence-corrected chi connectivity index (χ3v) is 9.63. The maximum Gasteiger partial charge on any atom is 0.229 e. The summed E-state index contributed by atoms with van der Waals surface area (Å²) in [6.07, 6.45) is 12.1. The molecule has 8 rings (SSSR count). The van der Waals surface area contributed by atoms with Crippen LogP contribution in [-0.2, 0) is 0 Å². The Morgan fingerprint density at radius 2 is 1.07 bits per heavy atom. The van der Waals surface area contributed by atoms with Gasteiger partial charge in [0, 0.05) is 58.7 Å². The van der Waals surface area contributed by atoms with Gasteiger partial charge in [0.15, 0.2) is 11.6 Å². The number of nitrogens with zero attached hydrogens (tertiary/aromatic N) is 8. The second-order valence-corrected chi connectivity index (χ2v) is 13.8. The van der Waals surface area contributed by atoms with Gasteiger partial charge < -0.3 is 20.8 Å². The van der Waals surface area contributed by atoms with Crippen molar-refractivity contribution in [3.63, 3.8) is 0 Å². The normalized spacial score (nSPS) is 16.7. The van der Waals surface area contributed by atoms with Gasteiger partial charge in [-0.2, -0.15) is 9.97 Å². The highest BCUT2D eigenvalue weighted by molar-refractivity contribution is 5.90. The number of aliphatic imine (C=N–C) groups is 2. The number of hydrogen-bond acceptors (Lipinski definition) is 12. The Morgan fingerprint density at radius 3 is 1.66 bits per heavy atom. The summed E-state index contributed by atoms with van der Waals surface area (Å²) in [6.45, 7) is 0. The predicted molar refractivity (Wildman–Crippen MR) is 219 cm³/mol. The fraction of sp³-hybridized carbons (Fsp3) is 0.227. The van der Waals surface area contributed by atoms with E-state index in [1.807, 2.05) is 84.9 Å². The Morgan fingerprint density at radius 1 is 0.536 bits per heavy atom. The first-order valence-electron chi connectivity index (χ1n) is 18.8. The third-order valence-electron chi connectivity index (χ3n) is 9.63. The van der Waals surface area contributed by atoms with Crippen LogP contribution in [0.25, 0.3) is 22.5 Å². The highest BCUT2D eigenvalue weighted by Gasteiger charge is 2.19. The van der Waals surface area contributed by atoms with Crippen LogP contribution in [0.2, 0.25) is 0 Å². The average Bonchev–Trinajstić information content (AvgIpc) is 3.23. The van der Waals surface area contributed by atoms with Crippen LogP contribution in [0, 0.1) is 11.8 Å². The van der Waals surface area contributed by atoms with Gasteiger partial charge in [0.25, 0.3) is 0 Å². The van der Waals surface area contributed by atoms with Crippen molar-refractivity contribution < 1.29 is 10.2 Å². The van der Waals surface area contributed by atoms with Gasteiger partial charge in [0.2, 0.25) is 11.9 Å². The van der Waals surface area contributed by atoms with Crippen molar-refractivity contribution in [3.8, 4) is 34.4 Å². The van der Waals surface area contributed by atoms with E-state index in [1.54, 1.807) is 24.8 Å². The van der Waals surface area contributed by atoms with Crippen molar-refractivity contribution in [1.82, 2.24) is 29.9 Å². The molecule has 4 heterocycles. The molecule has 0 saturated heterocycles. The van der Waals surface area contributed by atoms with Gasteiger partial charge >= 0.3 is 0 Å². The van der Waals surface area contributed by atoms with E-state index in [4.69, 9.17) is 20.0 Å². The number of hydrogen-bond donors (Lipinski definition) is 4. The molecule has 2 aliphatic carbocycles. The van der Waals surface area contributed by atoms with Crippen molar-refractivity contribution in [2.24, 2.45) is 9.98 Å². The van der Waals surface area contributed by atoms with E-state index in [1.165, 1.54) is 0 Å². The lowest BCUT2D eigenvalue weighted by Crippen LogP contribution is -2.17. The van der Waals surface area contributed by atoms with Crippen LogP contribution in [0.5, 0.6) is 0 Å². The fourth-order valence-corrected chi connectivity index (χ4v) is 6.53. The molecule has 2 fully saturated rings. The molecule has 6 aromatic rings. The standard InChI is InChI=1S/C44H40N10O2/c55-35-19-15-32(16-20-35)49-41-37(39-8-4-5-24-45-39)27-47-44(53-41)52-34-13-11-29(12-14-34)9-10-30-23-25-46-40(26-30)38-28-48-43(51-31-6-2-1-3-7-31)54-42(38)50-33-17-21-36(56)22-18-33/h1-8,11-14,23-28,35-36,55-56H,15-22H2,(H,47,52,53)(H,48,51,54). The maximum atomic E-state index is 10.0. The van der Waals surface area contributed by atoms with Gasteiger partial charge in [-0.25, -0.2) is 20.0 Å². The molecule has 12 nitrogen and oxygen atoms in total. The Bertz CT molecular complexity index is 2410. The molecule has 2 aliphatic rings. The van der Waals surface area contributed by atoms with Crippen molar-refractivity contribution in [3.05, 3.63) is 121 Å². The van der Waals surface area contributed by atoms with Crippen LogP contribution >= 0.6 is 0 Å². The van der Waals surface area contributed by atoms with Crippen LogP contribution in [0.1, 0.15) is 62.5 Å². The number of pyridine rings is 2. The zero-order valence-corrected chi connectivity index (χ0v) is 30.7. The zero-order valence-electron chi connectivity index (χ0n) is 30.7. The average molecular weight is 741 g/mol. The summed E-state index contributed by atoms with van der Waals surface area (Å²) in [5.74, 6) is 8.46.